The fraction of sp³-hybridized carbons (Fsp3) is 0.182. The molecule has 0 unspecified atom stereocenters. The van der Waals surface area contributed by atoms with Crippen molar-refractivity contribution in [3.63, 3.8) is 0 Å². The van der Waals surface area contributed by atoms with Crippen LogP contribution in [-0.2, 0) is 0 Å². The van der Waals surface area contributed by atoms with Gasteiger partial charge < -0.3 is 14.0 Å². The number of aryl methyl sites for hydroxylation is 4. The molecule has 27 heavy (non-hydrogen) atoms. The minimum atomic E-state index is -0.386. The van der Waals surface area contributed by atoms with Gasteiger partial charge in [-0.3, -0.25) is 0 Å². The lowest BCUT2D eigenvalue weighted by Crippen LogP contribution is -2.03. The SMILES string of the molecule is Cc1ccc(C(=NO)c2oc3c(C)c4oc(=O)cc(C)c4cc3c2C)cc1. The van der Waals surface area contributed by atoms with E-state index in [0.29, 0.717) is 22.6 Å². The van der Waals surface area contributed by atoms with Gasteiger partial charge in [0, 0.05) is 33.5 Å². The van der Waals surface area contributed by atoms with Gasteiger partial charge in [-0.05, 0) is 39.3 Å². The highest BCUT2D eigenvalue weighted by Crippen LogP contribution is 2.35. The second-order valence-corrected chi connectivity index (χ2v) is 6.87. The summed E-state index contributed by atoms with van der Waals surface area (Å²) in [5, 5.41) is 14.9. The maximum Gasteiger partial charge on any atom is 0.336 e. The molecule has 136 valence electrons. The molecule has 0 aliphatic heterocycles. The van der Waals surface area contributed by atoms with Gasteiger partial charge in [0.15, 0.2) is 11.5 Å². The Kier molecular flexibility index (Phi) is 3.88. The summed E-state index contributed by atoms with van der Waals surface area (Å²) in [5.74, 6) is 0.495. The van der Waals surface area contributed by atoms with Crippen LogP contribution in [0, 0.1) is 27.7 Å². The van der Waals surface area contributed by atoms with E-state index in [9.17, 15) is 10.0 Å². The summed E-state index contributed by atoms with van der Waals surface area (Å²) in [6.07, 6.45) is 0. The van der Waals surface area contributed by atoms with E-state index in [1.807, 2.05) is 58.0 Å². The fourth-order valence-electron chi connectivity index (χ4n) is 3.47. The fourth-order valence-corrected chi connectivity index (χ4v) is 3.47. The number of nitrogens with zero attached hydrogens (tertiary/aromatic N) is 1. The Morgan fingerprint density at radius 2 is 1.56 bits per heavy atom. The number of furan rings is 1. The van der Waals surface area contributed by atoms with Crippen molar-refractivity contribution in [3.05, 3.63) is 80.4 Å². The molecule has 2 aromatic heterocycles. The van der Waals surface area contributed by atoms with Gasteiger partial charge in [0.2, 0.25) is 0 Å². The van der Waals surface area contributed by atoms with Crippen LogP contribution < -0.4 is 5.63 Å². The lowest BCUT2D eigenvalue weighted by molar-refractivity contribution is 0.318. The zero-order valence-electron chi connectivity index (χ0n) is 15.6. The summed E-state index contributed by atoms with van der Waals surface area (Å²) in [7, 11) is 0. The maximum atomic E-state index is 11.8. The smallest absolute Gasteiger partial charge is 0.336 e. The first-order valence-electron chi connectivity index (χ1n) is 8.67. The van der Waals surface area contributed by atoms with Crippen molar-refractivity contribution in [3.8, 4) is 0 Å². The van der Waals surface area contributed by atoms with Crippen molar-refractivity contribution < 1.29 is 14.0 Å². The normalized spacial score (nSPS) is 12.2. The second-order valence-electron chi connectivity index (χ2n) is 6.87. The van der Waals surface area contributed by atoms with E-state index in [1.165, 1.54) is 6.07 Å². The van der Waals surface area contributed by atoms with Crippen molar-refractivity contribution in [2.24, 2.45) is 5.16 Å². The molecule has 5 heteroatoms. The highest BCUT2D eigenvalue weighted by atomic mass is 16.4. The lowest BCUT2D eigenvalue weighted by Gasteiger charge is -2.04. The van der Waals surface area contributed by atoms with Gasteiger partial charge in [0.05, 0.1) is 0 Å². The van der Waals surface area contributed by atoms with E-state index >= 15 is 0 Å². The van der Waals surface area contributed by atoms with Gasteiger partial charge in [-0.1, -0.05) is 35.0 Å². The molecule has 1 N–H and O–H groups in total. The zero-order chi connectivity index (χ0) is 19.3. The van der Waals surface area contributed by atoms with E-state index in [0.717, 1.165) is 38.6 Å². The van der Waals surface area contributed by atoms with E-state index in [-0.39, 0.29) is 5.63 Å². The molecule has 0 saturated carbocycles. The van der Waals surface area contributed by atoms with Crippen LogP contribution in [0.4, 0.5) is 0 Å². The van der Waals surface area contributed by atoms with Crippen molar-refractivity contribution in [2.75, 3.05) is 0 Å². The highest BCUT2D eigenvalue weighted by Gasteiger charge is 2.21. The molecule has 0 saturated heterocycles. The molecule has 0 radical (unpaired) electrons. The lowest BCUT2D eigenvalue weighted by atomic mass is 10.0. The van der Waals surface area contributed by atoms with Crippen LogP contribution in [0.3, 0.4) is 0 Å². The van der Waals surface area contributed by atoms with Gasteiger partial charge in [0.25, 0.3) is 0 Å². The Labute approximate surface area is 155 Å². The summed E-state index contributed by atoms with van der Waals surface area (Å²) >= 11 is 0. The van der Waals surface area contributed by atoms with Gasteiger partial charge >= 0.3 is 5.63 Å². The first kappa shape index (κ1) is 17.1. The molecule has 4 rings (SSSR count). The molecule has 0 aliphatic carbocycles. The zero-order valence-corrected chi connectivity index (χ0v) is 15.6. The molecule has 5 nitrogen and oxygen atoms in total. The Morgan fingerprint density at radius 1 is 0.889 bits per heavy atom. The van der Waals surface area contributed by atoms with Crippen molar-refractivity contribution in [1.82, 2.24) is 0 Å². The Morgan fingerprint density at radius 3 is 2.22 bits per heavy atom. The van der Waals surface area contributed by atoms with E-state index in [4.69, 9.17) is 8.83 Å². The highest BCUT2D eigenvalue weighted by molar-refractivity contribution is 6.14. The summed E-state index contributed by atoms with van der Waals surface area (Å²) < 4.78 is 11.5. The molecule has 0 bridgehead atoms. The summed E-state index contributed by atoms with van der Waals surface area (Å²) in [6, 6.07) is 11.1. The third-order valence-corrected chi connectivity index (χ3v) is 5.01. The molecule has 2 aromatic carbocycles. The quantitative estimate of drug-likeness (QED) is 0.236. The summed E-state index contributed by atoms with van der Waals surface area (Å²) in [5.41, 5.74) is 5.46. The van der Waals surface area contributed by atoms with Crippen LogP contribution in [0.25, 0.3) is 21.9 Å². The van der Waals surface area contributed by atoms with Gasteiger partial charge in [-0.2, -0.15) is 0 Å². The average molecular weight is 361 g/mol. The molecular formula is C22H19NO4. The number of benzene rings is 2. The number of oxime groups is 1. The predicted molar refractivity (Wildman–Crippen MR) is 105 cm³/mol. The molecule has 2 heterocycles. The minimum Gasteiger partial charge on any atom is -0.454 e. The standard InChI is InChI=1S/C22H19NO4/c1-11-5-7-15(8-6-11)19(23-25)22-13(3)17-10-16-12(2)9-18(24)26-20(16)14(4)21(17)27-22/h5-10,25H,1-4H3. The number of hydrogen-bond donors (Lipinski definition) is 1. The largest absolute Gasteiger partial charge is 0.454 e. The maximum absolute atomic E-state index is 11.8. The molecule has 0 amide bonds. The van der Waals surface area contributed by atoms with Crippen molar-refractivity contribution in [1.29, 1.82) is 0 Å². The van der Waals surface area contributed by atoms with E-state index < -0.39 is 0 Å². The van der Waals surface area contributed by atoms with Crippen molar-refractivity contribution in [2.45, 2.75) is 27.7 Å². The molecule has 0 atom stereocenters. The van der Waals surface area contributed by atoms with E-state index in [2.05, 4.69) is 5.16 Å². The van der Waals surface area contributed by atoms with Gasteiger partial charge in [-0.15, -0.1) is 0 Å². The summed E-state index contributed by atoms with van der Waals surface area (Å²) in [4.78, 5) is 11.8. The topological polar surface area (TPSA) is 75.9 Å². The third kappa shape index (κ3) is 2.63. The monoisotopic (exact) mass is 361 g/mol. The first-order valence-corrected chi connectivity index (χ1v) is 8.67. The Hall–Kier alpha value is -3.34. The summed E-state index contributed by atoms with van der Waals surface area (Å²) in [6.45, 7) is 7.67. The molecular weight excluding hydrogens is 342 g/mol. The number of rotatable bonds is 2. The Balaban J connectivity index is 2.03. The van der Waals surface area contributed by atoms with Gasteiger partial charge in [-0.25, -0.2) is 4.79 Å². The minimum absolute atomic E-state index is 0.366. The van der Waals surface area contributed by atoms with Crippen LogP contribution >= 0.6 is 0 Å². The average Bonchev–Trinajstić information content (AvgIpc) is 2.96. The first-order chi connectivity index (χ1) is 12.9. The van der Waals surface area contributed by atoms with Crippen LogP contribution in [0.1, 0.15) is 33.6 Å². The molecule has 0 spiro atoms. The molecule has 0 aliphatic rings. The number of hydrogen-bond acceptors (Lipinski definition) is 5. The predicted octanol–water partition coefficient (Wildman–Crippen LogP) is 5.00. The third-order valence-electron chi connectivity index (χ3n) is 5.01. The Bertz CT molecular complexity index is 1270. The van der Waals surface area contributed by atoms with Crippen molar-refractivity contribution >= 4 is 27.7 Å². The van der Waals surface area contributed by atoms with E-state index in [1.54, 1.807) is 0 Å². The van der Waals surface area contributed by atoms with Gasteiger partial charge in [0.1, 0.15) is 11.2 Å². The van der Waals surface area contributed by atoms with Crippen LogP contribution in [0.15, 0.2) is 55.2 Å². The van der Waals surface area contributed by atoms with Crippen LogP contribution in [0.2, 0.25) is 0 Å². The van der Waals surface area contributed by atoms with Crippen LogP contribution in [-0.4, -0.2) is 10.9 Å². The van der Waals surface area contributed by atoms with Crippen LogP contribution in [0.5, 0.6) is 0 Å². The molecule has 4 aromatic rings. The molecule has 0 fully saturated rings. The number of fused-ring (bicyclic) bond motifs is 2. The second kappa shape index (κ2) is 6.13.